The van der Waals surface area contributed by atoms with E-state index >= 15 is 0 Å². The molecular formula is C15H12BrNOS. The minimum atomic E-state index is 0.0535. The van der Waals surface area contributed by atoms with Gasteiger partial charge in [0.15, 0.2) is 0 Å². The third kappa shape index (κ3) is 2.71. The number of H-pyrrole nitrogens is 1. The lowest BCUT2D eigenvalue weighted by atomic mass is 10.2. The molecule has 1 heterocycles. The average Bonchev–Trinajstić information content (AvgIpc) is 2.81. The van der Waals surface area contributed by atoms with Crippen LogP contribution in [0.25, 0.3) is 10.9 Å². The minimum absolute atomic E-state index is 0.0535. The molecule has 19 heavy (non-hydrogen) atoms. The van der Waals surface area contributed by atoms with Crippen molar-refractivity contribution in [1.82, 2.24) is 4.98 Å². The number of nitrogens with one attached hydrogen (secondary N) is 1. The quantitative estimate of drug-likeness (QED) is 0.736. The molecule has 0 unspecified atom stereocenters. The molecule has 0 aliphatic carbocycles. The molecule has 0 saturated heterocycles. The summed E-state index contributed by atoms with van der Waals surface area (Å²) in [7, 11) is 0. The zero-order valence-electron chi connectivity index (χ0n) is 10.1. The van der Waals surface area contributed by atoms with Crippen molar-refractivity contribution in [3.05, 3.63) is 58.6 Å². The lowest BCUT2D eigenvalue weighted by Crippen LogP contribution is -1.85. The largest absolute Gasteiger partial charge is 0.392 e. The van der Waals surface area contributed by atoms with Gasteiger partial charge in [-0.3, -0.25) is 0 Å². The maximum atomic E-state index is 9.15. The normalized spacial score (nSPS) is 11.1. The molecule has 3 rings (SSSR count). The van der Waals surface area contributed by atoms with Crippen molar-refractivity contribution in [2.75, 3.05) is 0 Å². The topological polar surface area (TPSA) is 36.0 Å². The number of aliphatic hydroxyl groups excluding tert-OH is 1. The summed E-state index contributed by atoms with van der Waals surface area (Å²) in [6.07, 6.45) is 0. The maximum absolute atomic E-state index is 9.15. The third-order valence-corrected chi connectivity index (χ3v) is 4.60. The highest BCUT2D eigenvalue weighted by Gasteiger charge is 2.05. The van der Waals surface area contributed by atoms with Gasteiger partial charge in [-0.1, -0.05) is 52.0 Å². The van der Waals surface area contributed by atoms with Crippen LogP contribution >= 0.6 is 27.7 Å². The number of para-hydroxylation sites is 1. The number of aromatic amines is 1. The van der Waals surface area contributed by atoms with E-state index in [4.69, 9.17) is 5.11 Å². The van der Waals surface area contributed by atoms with E-state index in [1.807, 2.05) is 30.3 Å². The molecular weight excluding hydrogens is 322 g/mol. The highest BCUT2D eigenvalue weighted by atomic mass is 79.9. The number of rotatable bonds is 3. The lowest BCUT2D eigenvalue weighted by molar-refractivity contribution is 0.281. The van der Waals surface area contributed by atoms with Crippen molar-refractivity contribution >= 4 is 38.6 Å². The van der Waals surface area contributed by atoms with Crippen LogP contribution in [-0.2, 0) is 6.61 Å². The van der Waals surface area contributed by atoms with Gasteiger partial charge in [0, 0.05) is 20.3 Å². The Kier molecular flexibility index (Phi) is 3.64. The highest BCUT2D eigenvalue weighted by molar-refractivity contribution is 9.10. The Morgan fingerprint density at radius 2 is 1.95 bits per heavy atom. The zero-order chi connectivity index (χ0) is 13.2. The van der Waals surface area contributed by atoms with Crippen LogP contribution in [-0.4, -0.2) is 10.1 Å². The van der Waals surface area contributed by atoms with Gasteiger partial charge in [0.2, 0.25) is 0 Å². The number of hydrogen-bond acceptors (Lipinski definition) is 2. The van der Waals surface area contributed by atoms with Crippen LogP contribution in [0.3, 0.4) is 0 Å². The fourth-order valence-corrected chi connectivity index (χ4v) is 3.52. The second-order valence-corrected chi connectivity index (χ2v) is 6.20. The molecule has 0 saturated carbocycles. The number of halogens is 1. The maximum Gasteiger partial charge on any atom is 0.0780 e. The Morgan fingerprint density at radius 3 is 2.68 bits per heavy atom. The van der Waals surface area contributed by atoms with Gasteiger partial charge in [0.05, 0.1) is 11.6 Å². The monoisotopic (exact) mass is 333 g/mol. The Balaban J connectivity index is 1.90. The second-order valence-electron chi connectivity index (χ2n) is 4.23. The molecule has 2 N–H and O–H groups in total. The Labute approximate surface area is 124 Å². The van der Waals surface area contributed by atoms with E-state index in [1.165, 1.54) is 5.39 Å². The fourth-order valence-electron chi connectivity index (χ4n) is 1.95. The predicted molar refractivity (Wildman–Crippen MR) is 82.5 cm³/mol. The first-order chi connectivity index (χ1) is 9.26. The number of aliphatic hydroxyl groups is 1. The summed E-state index contributed by atoms with van der Waals surface area (Å²) in [4.78, 5) is 4.53. The van der Waals surface area contributed by atoms with Gasteiger partial charge < -0.3 is 10.1 Å². The predicted octanol–water partition coefficient (Wildman–Crippen LogP) is 4.57. The molecule has 2 nitrogen and oxygen atoms in total. The molecule has 3 aromatic rings. The van der Waals surface area contributed by atoms with Crippen LogP contribution in [0.2, 0.25) is 0 Å². The van der Waals surface area contributed by atoms with Gasteiger partial charge >= 0.3 is 0 Å². The minimum Gasteiger partial charge on any atom is -0.392 e. The summed E-state index contributed by atoms with van der Waals surface area (Å²) in [6, 6.07) is 16.4. The molecule has 0 radical (unpaired) electrons. The summed E-state index contributed by atoms with van der Waals surface area (Å²) >= 11 is 5.15. The number of aromatic nitrogens is 1. The van der Waals surface area contributed by atoms with E-state index < -0.39 is 0 Å². The number of benzene rings is 2. The summed E-state index contributed by atoms with van der Waals surface area (Å²) in [5, 5.41) is 11.5. The summed E-state index contributed by atoms with van der Waals surface area (Å²) < 4.78 is 0.941. The van der Waals surface area contributed by atoms with Crippen molar-refractivity contribution in [1.29, 1.82) is 0 Å². The van der Waals surface area contributed by atoms with Gasteiger partial charge in [-0.05, 0) is 29.8 Å². The van der Waals surface area contributed by atoms with E-state index in [0.29, 0.717) is 0 Å². The molecule has 0 aliphatic heterocycles. The van der Waals surface area contributed by atoms with Crippen LogP contribution in [0, 0.1) is 0 Å². The molecule has 2 aromatic carbocycles. The van der Waals surface area contributed by atoms with E-state index in [1.54, 1.807) is 11.8 Å². The van der Waals surface area contributed by atoms with Crippen LogP contribution in [0.1, 0.15) is 5.56 Å². The van der Waals surface area contributed by atoms with Crippen molar-refractivity contribution in [2.24, 2.45) is 0 Å². The molecule has 96 valence electrons. The molecule has 0 aliphatic rings. The fraction of sp³-hybridized carbons (Fsp3) is 0.0667. The van der Waals surface area contributed by atoms with E-state index in [-0.39, 0.29) is 6.61 Å². The number of hydrogen-bond donors (Lipinski definition) is 2. The molecule has 1 aromatic heterocycles. The SMILES string of the molecule is OCc1ccc(Sc2cc3ccccc3[nH]2)cc1Br. The van der Waals surface area contributed by atoms with Crippen LogP contribution in [0.15, 0.2) is 62.9 Å². The van der Waals surface area contributed by atoms with Crippen LogP contribution < -0.4 is 0 Å². The van der Waals surface area contributed by atoms with Crippen molar-refractivity contribution in [3.8, 4) is 0 Å². The molecule has 0 fully saturated rings. The lowest BCUT2D eigenvalue weighted by Gasteiger charge is -2.03. The molecule has 0 bridgehead atoms. The van der Waals surface area contributed by atoms with Gasteiger partial charge in [-0.25, -0.2) is 0 Å². The highest BCUT2D eigenvalue weighted by Crippen LogP contribution is 2.32. The summed E-state index contributed by atoms with van der Waals surface area (Å²) in [6.45, 7) is 0.0535. The van der Waals surface area contributed by atoms with Gasteiger partial charge in [0.25, 0.3) is 0 Å². The van der Waals surface area contributed by atoms with Gasteiger partial charge in [-0.2, -0.15) is 0 Å². The zero-order valence-corrected chi connectivity index (χ0v) is 12.5. The third-order valence-electron chi connectivity index (χ3n) is 2.93. The summed E-state index contributed by atoms with van der Waals surface area (Å²) in [5.41, 5.74) is 2.05. The smallest absolute Gasteiger partial charge is 0.0780 e. The number of fused-ring (bicyclic) bond motifs is 1. The molecule has 4 heteroatoms. The first-order valence-corrected chi connectivity index (χ1v) is 7.52. The average molecular weight is 334 g/mol. The first kappa shape index (κ1) is 12.8. The van der Waals surface area contributed by atoms with Crippen molar-refractivity contribution in [3.63, 3.8) is 0 Å². The summed E-state index contributed by atoms with van der Waals surface area (Å²) in [5.74, 6) is 0. The first-order valence-electron chi connectivity index (χ1n) is 5.91. The second kappa shape index (κ2) is 5.41. The molecule has 0 spiro atoms. The standard InChI is InChI=1S/C15H12BrNOS/c16-13-8-12(6-5-11(13)9-18)19-15-7-10-3-1-2-4-14(10)17-15/h1-8,17-18H,9H2. The molecule has 0 atom stereocenters. The van der Waals surface area contributed by atoms with Crippen molar-refractivity contribution in [2.45, 2.75) is 16.5 Å². The Bertz CT molecular complexity index is 690. The van der Waals surface area contributed by atoms with E-state index in [9.17, 15) is 0 Å². The molecule has 0 amide bonds. The Hall–Kier alpha value is -1.23. The van der Waals surface area contributed by atoms with Crippen LogP contribution in [0.5, 0.6) is 0 Å². The van der Waals surface area contributed by atoms with E-state index in [2.05, 4.69) is 39.1 Å². The van der Waals surface area contributed by atoms with Gasteiger partial charge in [0.1, 0.15) is 0 Å². The van der Waals surface area contributed by atoms with Crippen molar-refractivity contribution < 1.29 is 5.11 Å². The Morgan fingerprint density at radius 1 is 1.11 bits per heavy atom. The van der Waals surface area contributed by atoms with Gasteiger partial charge in [-0.15, -0.1) is 0 Å². The van der Waals surface area contributed by atoms with Crippen LogP contribution in [0.4, 0.5) is 0 Å². The van der Waals surface area contributed by atoms with E-state index in [0.717, 1.165) is 25.5 Å².